The van der Waals surface area contributed by atoms with Gasteiger partial charge in [-0.2, -0.15) is 0 Å². The number of anilines is 2. The fourth-order valence-electron chi connectivity index (χ4n) is 2.55. The molecule has 0 fully saturated rings. The average molecular weight is 454 g/mol. The second-order valence-electron chi connectivity index (χ2n) is 6.31. The van der Waals surface area contributed by atoms with Gasteiger partial charge in [0.15, 0.2) is 0 Å². The van der Waals surface area contributed by atoms with E-state index in [1.165, 1.54) is 12.1 Å². The Morgan fingerprint density at radius 2 is 1.20 bits per heavy atom. The van der Waals surface area contributed by atoms with Crippen molar-refractivity contribution in [3.63, 3.8) is 0 Å². The minimum absolute atomic E-state index is 0.00118. The van der Waals surface area contributed by atoms with Gasteiger partial charge in [0.1, 0.15) is 11.6 Å². The summed E-state index contributed by atoms with van der Waals surface area (Å²) in [4.78, 5) is 7.24. The molecule has 0 aliphatic carbocycles. The van der Waals surface area contributed by atoms with Crippen LogP contribution in [0.4, 0.5) is 20.4 Å². The molecule has 3 rings (SSSR count). The molecule has 0 aliphatic heterocycles. The Labute approximate surface area is 172 Å². The van der Waals surface area contributed by atoms with Crippen LogP contribution in [0.15, 0.2) is 58.3 Å². The van der Waals surface area contributed by atoms with Crippen LogP contribution in [0.25, 0.3) is 0 Å². The summed E-state index contributed by atoms with van der Waals surface area (Å²) in [6.07, 6.45) is 0. The summed E-state index contributed by atoms with van der Waals surface area (Å²) < 4.78 is 80.6. The van der Waals surface area contributed by atoms with Crippen molar-refractivity contribution in [3.8, 4) is 0 Å². The van der Waals surface area contributed by atoms with Gasteiger partial charge in [0.2, 0.25) is 5.95 Å². The van der Waals surface area contributed by atoms with Crippen molar-refractivity contribution in [2.45, 2.75) is 23.6 Å². The maximum absolute atomic E-state index is 13.3. The summed E-state index contributed by atoms with van der Waals surface area (Å²) in [6, 6.07) is 8.28. The molecule has 0 saturated heterocycles. The molecule has 8 nitrogen and oxygen atoms in total. The summed E-state index contributed by atoms with van der Waals surface area (Å²) in [6.45, 7) is 3.38. The molecule has 0 atom stereocenters. The molecule has 0 aliphatic rings. The first-order chi connectivity index (χ1) is 13.9. The van der Waals surface area contributed by atoms with Crippen molar-refractivity contribution < 1.29 is 25.6 Å². The van der Waals surface area contributed by atoms with Crippen LogP contribution in [-0.4, -0.2) is 26.8 Å². The van der Waals surface area contributed by atoms with E-state index in [-0.39, 0.29) is 16.5 Å². The molecule has 0 spiro atoms. The second-order valence-corrected chi connectivity index (χ2v) is 9.68. The number of benzene rings is 2. The first-order valence-electron chi connectivity index (χ1n) is 8.39. The molecule has 1 aromatic heterocycles. The highest BCUT2D eigenvalue weighted by molar-refractivity contribution is 7.93. The van der Waals surface area contributed by atoms with E-state index in [1.807, 2.05) is 0 Å². The number of nitrogens with one attached hydrogen (secondary N) is 2. The molecular formula is C18H16F2N4O4S2. The fourth-order valence-corrected chi connectivity index (χ4v) is 4.59. The number of hydrogen-bond donors (Lipinski definition) is 2. The van der Waals surface area contributed by atoms with Gasteiger partial charge in [0.25, 0.3) is 20.0 Å². The normalized spacial score (nSPS) is 11.9. The molecule has 158 valence electrons. The van der Waals surface area contributed by atoms with Crippen molar-refractivity contribution in [3.05, 3.63) is 71.6 Å². The Balaban J connectivity index is 1.81. The van der Waals surface area contributed by atoms with Crippen molar-refractivity contribution >= 4 is 31.7 Å². The van der Waals surface area contributed by atoms with Crippen LogP contribution in [0.1, 0.15) is 11.4 Å². The predicted molar refractivity (Wildman–Crippen MR) is 106 cm³/mol. The minimum Gasteiger partial charge on any atom is -0.280 e. The van der Waals surface area contributed by atoms with E-state index in [0.717, 1.165) is 12.1 Å². The number of rotatable bonds is 6. The molecule has 1 heterocycles. The molecular weight excluding hydrogens is 438 g/mol. The smallest absolute Gasteiger partial charge is 0.264 e. The van der Waals surface area contributed by atoms with Crippen molar-refractivity contribution in [1.29, 1.82) is 0 Å². The first kappa shape index (κ1) is 21.6. The first-order valence-corrected chi connectivity index (χ1v) is 11.4. The monoisotopic (exact) mass is 454 g/mol. The van der Waals surface area contributed by atoms with Gasteiger partial charge in [-0.05, 0) is 56.3 Å². The number of aromatic nitrogens is 2. The van der Waals surface area contributed by atoms with E-state index in [0.29, 0.717) is 29.6 Å². The lowest BCUT2D eigenvalue weighted by Crippen LogP contribution is -2.16. The van der Waals surface area contributed by atoms with Gasteiger partial charge in [0.05, 0.1) is 9.79 Å². The number of halogens is 2. The number of sulfonamides is 2. The van der Waals surface area contributed by atoms with Crippen molar-refractivity contribution in [1.82, 2.24) is 9.97 Å². The Morgan fingerprint density at radius 1 is 0.700 bits per heavy atom. The van der Waals surface area contributed by atoms with Crippen LogP contribution in [0.2, 0.25) is 0 Å². The van der Waals surface area contributed by atoms with Gasteiger partial charge in [0, 0.05) is 23.1 Å². The fraction of sp³-hybridized carbons (Fsp3) is 0.111. The highest BCUT2D eigenvalue weighted by Crippen LogP contribution is 2.21. The SMILES string of the molecule is Cc1cc(C)nc(NS(=O)(=O)c2ccc(NS(=O)(=O)c3cc(F)cc(F)c3)cc2)n1. The molecule has 2 aromatic carbocycles. The van der Waals surface area contributed by atoms with Crippen LogP contribution in [-0.2, 0) is 20.0 Å². The second kappa shape index (κ2) is 7.95. The van der Waals surface area contributed by atoms with E-state index >= 15 is 0 Å². The highest BCUT2D eigenvalue weighted by Gasteiger charge is 2.19. The van der Waals surface area contributed by atoms with Gasteiger partial charge in [-0.1, -0.05) is 0 Å². The molecule has 0 unspecified atom stereocenters. The molecule has 0 saturated carbocycles. The highest BCUT2D eigenvalue weighted by atomic mass is 32.2. The third kappa shape index (κ3) is 5.07. The maximum atomic E-state index is 13.3. The predicted octanol–water partition coefficient (Wildman–Crippen LogP) is 2.97. The minimum atomic E-state index is -4.28. The van der Waals surface area contributed by atoms with Crippen molar-refractivity contribution in [2.75, 3.05) is 9.44 Å². The zero-order valence-electron chi connectivity index (χ0n) is 15.7. The molecule has 30 heavy (non-hydrogen) atoms. The molecule has 12 heteroatoms. The van der Waals surface area contributed by atoms with Gasteiger partial charge < -0.3 is 0 Å². The van der Waals surface area contributed by atoms with E-state index in [4.69, 9.17) is 0 Å². The lowest BCUT2D eigenvalue weighted by Gasteiger charge is -2.10. The summed E-state index contributed by atoms with van der Waals surface area (Å²) in [7, 11) is -8.30. The van der Waals surface area contributed by atoms with Crippen LogP contribution >= 0.6 is 0 Å². The van der Waals surface area contributed by atoms with E-state index in [9.17, 15) is 25.6 Å². The Hall–Kier alpha value is -3.12. The zero-order chi connectivity index (χ0) is 22.1. The molecule has 0 bridgehead atoms. The van der Waals surface area contributed by atoms with Crippen LogP contribution in [0.3, 0.4) is 0 Å². The summed E-state index contributed by atoms with van der Waals surface area (Å²) in [5.41, 5.74) is 1.17. The summed E-state index contributed by atoms with van der Waals surface area (Å²) >= 11 is 0. The molecule has 3 aromatic rings. The van der Waals surface area contributed by atoms with E-state index in [1.54, 1.807) is 19.9 Å². The molecule has 0 radical (unpaired) electrons. The Bertz CT molecular complexity index is 1270. The number of aryl methyl sites for hydroxylation is 2. The lowest BCUT2D eigenvalue weighted by molar-refractivity contribution is 0.568. The average Bonchev–Trinajstić information content (AvgIpc) is 2.59. The van der Waals surface area contributed by atoms with Gasteiger partial charge >= 0.3 is 0 Å². The molecule has 2 N–H and O–H groups in total. The Kier molecular flexibility index (Phi) is 5.72. The lowest BCUT2D eigenvalue weighted by atomic mass is 10.3. The van der Waals surface area contributed by atoms with Crippen LogP contribution in [0.5, 0.6) is 0 Å². The zero-order valence-corrected chi connectivity index (χ0v) is 17.4. The number of nitrogens with zero attached hydrogens (tertiary/aromatic N) is 2. The maximum Gasteiger partial charge on any atom is 0.264 e. The third-order valence-electron chi connectivity index (χ3n) is 3.77. The van der Waals surface area contributed by atoms with Crippen LogP contribution in [0, 0.1) is 25.5 Å². The quantitative estimate of drug-likeness (QED) is 0.591. The van der Waals surface area contributed by atoms with E-state index in [2.05, 4.69) is 19.4 Å². The van der Waals surface area contributed by atoms with Gasteiger partial charge in [-0.25, -0.2) is 40.3 Å². The standard InChI is InChI=1S/C18H16F2N4O4S2/c1-11-7-12(2)22-18(21-11)24-29(25,26)16-5-3-15(4-6-16)23-30(27,28)17-9-13(19)8-14(20)10-17/h3-10,23H,1-2H3,(H,21,22,24). The van der Waals surface area contributed by atoms with Gasteiger partial charge in [-0.15, -0.1) is 0 Å². The summed E-state index contributed by atoms with van der Waals surface area (Å²) in [5, 5.41) is 0. The largest absolute Gasteiger partial charge is 0.280 e. The topological polar surface area (TPSA) is 118 Å². The van der Waals surface area contributed by atoms with E-state index < -0.39 is 36.6 Å². The third-order valence-corrected chi connectivity index (χ3v) is 6.48. The van der Waals surface area contributed by atoms with Crippen LogP contribution < -0.4 is 9.44 Å². The van der Waals surface area contributed by atoms with Crippen molar-refractivity contribution in [2.24, 2.45) is 0 Å². The van der Waals surface area contributed by atoms with Gasteiger partial charge in [-0.3, -0.25) is 4.72 Å². The number of hydrogen-bond acceptors (Lipinski definition) is 6. The molecule has 0 amide bonds. The Morgan fingerprint density at radius 3 is 1.73 bits per heavy atom. The summed E-state index contributed by atoms with van der Waals surface area (Å²) in [5.74, 6) is -2.18.